The summed E-state index contributed by atoms with van der Waals surface area (Å²) in [5.74, 6) is 0.0502. The number of carbonyl (C=O) groups is 2. The Kier molecular flexibility index (Phi) is 5.65. The van der Waals surface area contributed by atoms with Crippen LogP contribution in [0.4, 0.5) is 10.7 Å². The molecule has 4 rings (SSSR count). The van der Waals surface area contributed by atoms with E-state index in [9.17, 15) is 9.59 Å². The van der Waals surface area contributed by atoms with E-state index in [4.69, 9.17) is 11.6 Å². The Balaban J connectivity index is 1.67. The molecular formula is C22H20ClN3O2S. The van der Waals surface area contributed by atoms with E-state index in [0.29, 0.717) is 32.8 Å². The van der Waals surface area contributed by atoms with Crippen molar-refractivity contribution in [2.24, 2.45) is 5.92 Å². The van der Waals surface area contributed by atoms with Gasteiger partial charge in [-0.15, -0.1) is 11.3 Å². The number of fused-ring (bicyclic) bond motifs is 1. The molecule has 5 nitrogen and oxygen atoms in total. The lowest BCUT2D eigenvalue weighted by atomic mass is 9.88. The highest BCUT2D eigenvalue weighted by molar-refractivity contribution is 7.17. The SMILES string of the molecule is CC1CCc2c(sc(NC(=O)c3cccnc3)c2C(=O)Nc2cccc(Cl)c2)C1. The lowest BCUT2D eigenvalue weighted by molar-refractivity contribution is 0.102. The van der Waals surface area contributed by atoms with Crippen molar-refractivity contribution in [2.45, 2.75) is 26.2 Å². The van der Waals surface area contributed by atoms with Gasteiger partial charge in [0.25, 0.3) is 11.8 Å². The molecule has 1 aliphatic carbocycles. The molecule has 1 aromatic carbocycles. The van der Waals surface area contributed by atoms with Gasteiger partial charge < -0.3 is 10.6 Å². The molecule has 2 heterocycles. The van der Waals surface area contributed by atoms with Crippen LogP contribution in [0.3, 0.4) is 0 Å². The average Bonchev–Trinajstić information content (AvgIpc) is 3.05. The van der Waals surface area contributed by atoms with Crippen LogP contribution in [-0.4, -0.2) is 16.8 Å². The summed E-state index contributed by atoms with van der Waals surface area (Å²) >= 11 is 7.53. The monoisotopic (exact) mass is 425 g/mol. The van der Waals surface area contributed by atoms with E-state index in [1.165, 1.54) is 22.4 Å². The van der Waals surface area contributed by atoms with Crippen molar-refractivity contribution < 1.29 is 9.59 Å². The fraction of sp³-hybridized carbons (Fsp3) is 0.227. The van der Waals surface area contributed by atoms with Crippen molar-refractivity contribution in [2.75, 3.05) is 10.6 Å². The van der Waals surface area contributed by atoms with Crippen LogP contribution < -0.4 is 10.6 Å². The number of halogens is 1. The van der Waals surface area contributed by atoms with Crippen LogP contribution in [0.1, 0.15) is 44.5 Å². The van der Waals surface area contributed by atoms with Gasteiger partial charge in [0, 0.05) is 28.0 Å². The van der Waals surface area contributed by atoms with Gasteiger partial charge in [0.15, 0.2) is 0 Å². The Bertz CT molecular complexity index is 1070. The van der Waals surface area contributed by atoms with Gasteiger partial charge in [-0.3, -0.25) is 14.6 Å². The molecule has 2 aromatic heterocycles. The normalized spacial score (nSPS) is 15.4. The highest BCUT2D eigenvalue weighted by Gasteiger charge is 2.28. The number of carbonyl (C=O) groups excluding carboxylic acids is 2. The van der Waals surface area contributed by atoms with Crippen molar-refractivity contribution in [1.82, 2.24) is 4.98 Å². The number of hydrogen-bond acceptors (Lipinski definition) is 4. The van der Waals surface area contributed by atoms with Gasteiger partial charge in [-0.2, -0.15) is 0 Å². The van der Waals surface area contributed by atoms with Crippen LogP contribution >= 0.6 is 22.9 Å². The fourth-order valence-corrected chi connectivity index (χ4v) is 5.10. The maximum Gasteiger partial charge on any atom is 0.258 e. The Morgan fingerprint density at radius 1 is 1.17 bits per heavy atom. The second kappa shape index (κ2) is 8.35. The van der Waals surface area contributed by atoms with E-state index in [2.05, 4.69) is 22.5 Å². The third kappa shape index (κ3) is 4.33. The standard InChI is InChI=1S/C22H20ClN3O2S/c1-13-7-8-17-18(10-13)29-22(26-20(27)14-4-3-9-24-12-14)19(17)21(28)25-16-6-2-5-15(23)11-16/h2-6,9,11-13H,7-8,10H2,1H3,(H,25,28)(H,26,27). The smallest absolute Gasteiger partial charge is 0.258 e. The molecule has 0 fully saturated rings. The van der Waals surface area contributed by atoms with Gasteiger partial charge in [0.05, 0.1) is 11.1 Å². The van der Waals surface area contributed by atoms with Crippen molar-refractivity contribution in [3.63, 3.8) is 0 Å². The molecule has 1 aliphatic rings. The molecule has 7 heteroatoms. The minimum Gasteiger partial charge on any atom is -0.322 e. The molecule has 0 radical (unpaired) electrons. The minimum absolute atomic E-state index is 0.235. The van der Waals surface area contributed by atoms with Crippen LogP contribution in [-0.2, 0) is 12.8 Å². The molecule has 0 aliphatic heterocycles. The molecule has 3 aromatic rings. The first-order valence-electron chi connectivity index (χ1n) is 9.44. The quantitative estimate of drug-likeness (QED) is 0.585. The summed E-state index contributed by atoms with van der Waals surface area (Å²) in [5.41, 5.74) is 2.66. The predicted molar refractivity (Wildman–Crippen MR) is 117 cm³/mol. The van der Waals surface area contributed by atoms with Crippen LogP contribution in [0, 0.1) is 5.92 Å². The summed E-state index contributed by atoms with van der Waals surface area (Å²) in [6.07, 6.45) is 5.90. The number of anilines is 2. The van der Waals surface area contributed by atoms with E-state index in [-0.39, 0.29) is 11.8 Å². The zero-order chi connectivity index (χ0) is 20.4. The molecular weight excluding hydrogens is 406 g/mol. The number of aromatic nitrogens is 1. The third-order valence-corrected chi connectivity index (χ3v) is 6.38. The molecule has 0 saturated heterocycles. The number of pyridine rings is 1. The van der Waals surface area contributed by atoms with Crippen LogP contribution in [0.15, 0.2) is 48.8 Å². The molecule has 29 heavy (non-hydrogen) atoms. The van der Waals surface area contributed by atoms with E-state index in [1.807, 2.05) is 0 Å². The highest BCUT2D eigenvalue weighted by atomic mass is 35.5. The van der Waals surface area contributed by atoms with Gasteiger partial charge >= 0.3 is 0 Å². The largest absolute Gasteiger partial charge is 0.322 e. The highest BCUT2D eigenvalue weighted by Crippen LogP contribution is 2.40. The summed E-state index contributed by atoms with van der Waals surface area (Å²) < 4.78 is 0. The summed E-state index contributed by atoms with van der Waals surface area (Å²) in [5, 5.41) is 6.98. The number of hydrogen-bond donors (Lipinski definition) is 2. The lowest BCUT2D eigenvalue weighted by Crippen LogP contribution is -2.19. The molecule has 0 spiro atoms. The minimum atomic E-state index is -0.276. The van der Waals surface area contributed by atoms with Gasteiger partial charge in [-0.05, 0) is 61.1 Å². The second-order valence-corrected chi connectivity index (χ2v) is 8.76. The molecule has 2 N–H and O–H groups in total. The van der Waals surface area contributed by atoms with Gasteiger partial charge in [-0.25, -0.2) is 0 Å². The topological polar surface area (TPSA) is 71.1 Å². The van der Waals surface area contributed by atoms with E-state index in [0.717, 1.165) is 24.8 Å². The first kappa shape index (κ1) is 19.6. The third-order valence-electron chi connectivity index (χ3n) is 4.97. The summed E-state index contributed by atoms with van der Waals surface area (Å²) in [6, 6.07) is 10.4. The van der Waals surface area contributed by atoms with Gasteiger partial charge in [-0.1, -0.05) is 24.6 Å². The van der Waals surface area contributed by atoms with Crippen LogP contribution in [0.25, 0.3) is 0 Å². The Morgan fingerprint density at radius 2 is 2.03 bits per heavy atom. The van der Waals surface area contributed by atoms with Crippen LogP contribution in [0.5, 0.6) is 0 Å². The van der Waals surface area contributed by atoms with Gasteiger partial charge in [0.2, 0.25) is 0 Å². The van der Waals surface area contributed by atoms with Crippen molar-refractivity contribution in [1.29, 1.82) is 0 Å². The number of rotatable bonds is 4. The summed E-state index contributed by atoms with van der Waals surface area (Å²) in [4.78, 5) is 31.0. The van der Waals surface area contributed by atoms with E-state index < -0.39 is 0 Å². The lowest BCUT2D eigenvalue weighted by Gasteiger charge is -2.18. The molecule has 148 valence electrons. The zero-order valence-electron chi connectivity index (χ0n) is 15.9. The molecule has 0 bridgehead atoms. The fourth-order valence-electron chi connectivity index (χ4n) is 3.51. The maximum absolute atomic E-state index is 13.2. The Hall–Kier alpha value is -2.70. The number of nitrogens with zero attached hydrogens (tertiary/aromatic N) is 1. The predicted octanol–water partition coefficient (Wildman–Crippen LogP) is 5.43. The molecule has 1 atom stereocenters. The van der Waals surface area contributed by atoms with Crippen molar-refractivity contribution in [3.05, 3.63) is 75.4 Å². The second-order valence-electron chi connectivity index (χ2n) is 7.22. The number of amides is 2. The Labute approximate surface area is 178 Å². The number of thiophene rings is 1. The molecule has 1 unspecified atom stereocenters. The first-order valence-corrected chi connectivity index (χ1v) is 10.6. The number of benzene rings is 1. The molecule has 2 amide bonds. The molecule has 0 saturated carbocycles. The van der Waals surface area contributed by atoms with Gasteiger partial charge in [0.1, 0.15) is 5.00 Å². The average molecular weight is 426 g/mol. The van der Waals surface area contributed by atoms with E-state index in [1.54, 1.807) is 42.6 Å². The van der Waals surface area contributed by atoms with Crippen molar-refractivity contribution >= 4 is 45.4 Å². The summed E-state index contributed by atoms with van der Waals surface area (Å²) in [7, 11) is 0. The van der Waals surface area contributed by atoms with Crippen LogP contribution in [0.2, 0.25) is 5.02 Å². The zero-order valence-corrected chi connectivity index (χ0v) is 17.4. The summed E-state index contributed by atoms with van der Waals surface area (Å²) in [6.45, 7) is 2.21. The number of nitrogens with one attached hydrogen (secondary N) is 2. The first-order chi connectivity index (χ1) is 14.0. The maximum atomic E-state index is 13.2. The van der Waals surface area contributed by atoms with E-state index >= 15 is 0 Å². The van der Waals surface area contributed by atoms with Crippen molar-refractivity contribution in [3.8, 4) is 0 Å². The Morgan fingerprint density at radius 3 is 2.79 bits per heavy atom.